The Morgan fingerprint density at radius 1 is 0.242 bits per heavy atom. The third-order valence-electron chi connectivity index (χ3n) is 12.9. The molecular weight excluding hydrogens is 799 g/mol. The van der Waals surface area contributed by atoms with E-state index in [4.69, 9.17) is 4.42 Å². The lowest BCUT2D eigenvalue weighted by atomic mass is 9.91. The highest BCUT2D eigenvalue weighted by Crippen LogP contribution is 2.46. The second-order valence-corrected chi connectivity index (χ2v) is 16.9. The summed E-state index contributed by atoms with van der Waals surface area (Å²) in [5, 5.41) is 4.68. The molecule has 11 aromatic carbocycles. The molecule has 0 aliphatic heterocycles. The van der Waals surface area contributed by atoms with E-state index in [0.717, 1.165) is 72.4 Å². The SMILES string of the molecule is c1ccc(-c2ccc(-c3ccc(N(c4cccc(-c5ccc6oc7ccccc7c6c5)c4)c4cc(-c5cccc6ccccc56)ccc4-c4ccccc4)cc3)cc2-c2ccccc2)cc1. The monoisotopic (exact) mass is 841 g/mol. The zero-order chi connectivity index (χ0) is 43.8. The van der Waals surface area contributed by atoms with Crippen molar-refractivity contribution in [2.24, 2.45) is 0 Å². The Bertz CT molecular complexity index is 3680. The molecular formula is C64H43NO. The van der Waals surface area contributed by atoms with Gasteiger partial charge in [-0.25, -0.2) is 0 Å². The number of hydrogen-bond donors (Lipinski definition) is 0. The van der Waals surface area contributed by atoms with Crippen LogP contribution in [-0.4, -0.2) is 0 Å². The van der Waals surface area contributed by atoms with Crippen LogP contribution in [0.1, 0.15) is 0 Å². The van der Waals surface area contributed by atoms with E-state index in [-0.39, 0.29) is 0 Å². The molecule has 0 spiro atoms. The standard InChI is InChI=1S/C64H43NO/c1-4-16-45(17-5-1)57-37-32-50(41-60(57)48-20-8-3-9-21-48)44-30-35-53(36-31-44)65(54-25-14-24-49(40-54)51-34-39-64-61(42-51)59-27-12-13-29-63(59)66-64)62-43-52(33-38-58(62)47-18-6-2-7-19-47)56-28-15-23-46-22-10-11-26-55(46)56/h1-43H. The minimum absolute atomic E-state index is 0.890. The Kier molecular flexibility index (Phi) is 9.89. The lowest BCUT2D eigenvalue weighted by Crippen LogP contribution is -2.11. The molecule has 310 valence electrons. The van der Waals surface area contributed by atoms with Crippen LogP contribution in [-0.2, 0) is 0 Å². The number of rotatable bonds is 9. The van der Waals surface area contributed by atoms with Crippen LogP contribution >= 0.6 is 0 Å². The lowest BCUT2D eigenvalue weighted by Gasteiger charge is -2.29. The van der Waals surface area contributed by atoms with Crippen molar-refractivity contribution in [3.8, 4) is 66.8 Å². The molecule has 0 amide bonds. The highest BCUT2D eigenvalue weighted by atomic mass is 16.3. The Hall–Kier alpha value is -8.72. The smallest absolute Gasteiger partial charge is 0.135 e. The van der Waals surface area contributed by atoms with E-state index in [0.29, 0.717) is 0 Å². The number of nitrogens with zero attached hydrogens (tertiary/aromatic N) is 1. The first kappa shape index (κ1) is 38.9. The van der Waals surface area contributed by atoms with Crippen molar-refractivity contribution in [2.45, 2.75) is 0 Å². The van der Waals surface area contributed by atoms with Crippen molar-refractivity contribution in [3.05, 3.63) is 261 Å². The van der Waals surface area contributed by atoms with E-state index in [9.17, 15) is 0 Å². The van der Waals surface area contributed by atoms with Gasteiger partial charge in [0.1, 0.15) is 11.2 Å². The van der Waals surface area contributed by atoms with E-state index in [2.05, 4.69) is 254 Å². The normalized spacial score (nSPS) is 11.3. The molecule has 0 unspecified atom stereocenters. The van der Waals surface area contributed by atoms with Crippen LogP contribution in [0.3, 0.4) is 0 Å². The molecule has 2 heteroatoms. The fourth-order valence-corrected chi connectivity index (χ4v) is 9.63. The molecule has 0 radical (unpaired) electrons. The Morgan fingerprint density at radius 3 is 1.55 bits per heavy atom. The van der Waals surface area contributed by atoms with Gasteiger partial charge < -0.3 is 9.32 Å². The fourth-order valence-electron chi connectivity index (χ4n) is 9.63. The van der Waals surface area contributed by atoms with Crippen molar-refractivity contribution < 1.29 is 4.42 Å². The predicted octanol–water partition coefficient (Wildman–Crippen LogP) is 18.2. The highest BCUT2D eigenvalue weighted by molar-refractivity contribution is 6.06. The maximum absolute atomic E-state index is 6.24. The van der Waals surface area contributed by atoms with Gasteiger partial charge in [-0.3, -0.25) is 0 Å². The predicted molar refractivity (Wildman–Crippen MR) is 279 cm³/mol. The van der Waals surface area contributed by atoms with Gasteiger partial charge in [-0.2, -0.15) is 0 Å². The van der Waals surface area contributed by atoms with Crippen LogP contribution < -0.4 is 4.90 Å². The third-order valence-corrected chi connectivity index (χ3v) is 12.9. The number of furan rings is 1. The molecule has 2 nitrogen and oxygen atoms in total. The molecule has 66 heavy (non-hydrogen) atoms. The number of hydrogen-bond acceptors (Lipinski definition) is 2. The van der Waals surface area contributed by atoms with Crippen LogP contribution in [0.15, 0.2) is 265 Å². The summed E-state index contributed by atoms with van der Waals surface area (Å²) in [5.41, 5.74) is 19.0. The number of fused-ring (bicyclic) bond motifs is 4. The quantitative estimate of drug-likeness (QED) is 0.144. The molecule has 1 heterocycles. The van der Waals surface area contributed by atoms with E-state index in [1.165, 1.54) is 44.2 Å². The third kappa shape index (κ3) is 7.21. The van der Waals surface area contributed by atoms with Gasteiger partial charge in [-0.05, 0) is 127 Å². The second kappa shape index (κ2) is 16.8. The van der Waals surface area contributed by atoms with Gasteiger partial charge in [0.25, 0.3) is 0 Å². The van der Waals surface area contributed by atoms with Crippen molar-refractivity contribution in [1.82, 2.24) is 0 Å². The fraction of sp³-hybridized carbons (Fsp3) is 0. The van der Waals surface area contributed by atoms with Crippen molar-refractivity contribution in [3.63, 3.8) is 0 Å². The number of para-hydroxylation sites is 1. The summed E-state index contributed by atoms with van der Waals surface area (Å²) >= 11 is 0. The summed E-state index contributed by atoms with van der Waals surface area (Å²) in [5.74, 6) is 0. The minimum atomic E-state index is 0.890. The molecule has 1 aromatic heterocycles. The van der Waals surface area contributed by atoms with Crippen molar-refractivity contribution in [2.75, 3.05) is 4.90 Å². The highest BCUT2D eigenvalue weighted by Gasteiger charge is 2.21. The Morgan fingerprint density at radius 2 is 0.773 bits per heavy atom. The van der Waals surface area contributed by atoms with Crippen LogP contribution in [0.4, 0.5) is 17.1 Å². The van der Waals surface area contributed by atoms with Gasteiger partial charge in [-0.15, -0.1) is 0 Å². The lowest BCUT2D eigenvalue weighted by molar-refractivity contribution is 0.669. The zero-order valence-electron chi connectivity index (χ0n) is 36.2. The first-order chi connectivity index (χ1) is 32.7. The maximum Gasteiger partial charge on any atom is 0.135 e. The number of benzene rings is 11. The summed E-state index contributed by atoms with van der Waals surface area (Å²) in [6.45, 7) is 0. The first-order valence-corrected chi connectivity index (χ1v) is 22.6. The summed E-state index contributed by atoms with van der Waals surface area (Å²) in [7, 11) is 0. The molecule has 0 aliphatic rings. The van der Waals surface area contributed by atoms with Gasteiger partial charge in [0, 0.05) is 27.7 Å². The molecule has 0 N–H and O–H groups in total. The first-order valence-electron chi connectivity index (χ1n) is 22.6. The van der Waals surface area contributed by atoms with Crippen LogP contribution in [0.2, 0.25) is 0 Å². The molecule has 12 aromatic rings. The van der Waals surface area contributed by atoms with Gasteiger partial charge in [0.15, 0.2) is 0 Å². The van der Waals surface area contributed by atoms with E-state index >= 15 is 0 Å². The molecule has 12 rings (SSSR count). The number of anilines is 3. The Labute approximate surface area is 384 Å². The maximum atomic E-state index is 6.24. The van der Waals surface area contributed by atoms with Crippen molar-refractivity contribution in [1.29, 1.82) is 0 Å². The average Bonchev–Trinajstić information content (AvgIpc) is 3.77. The van der Waals surface area contributed by atoms with E-state index in [1.54, 1.807) is 0 Å². The van der Waals surface area contributed by atoms with Gasteiger partial charge in [0.2, 0.25) is 0 Å². The van der Waals surface area contributed by atoms with Crippen LogP contribution in [0.5, 0.6) is 0 Å². The Balaban J connectivity index is 1.04. The molecule has 0 aliphatic carbocycles. The minimum Gasteiger partial charge on any atom is -0.456 e. The molecule has 0 fully saturated rings. The molecule has 0 saturated carbocycles. The van der Waals surface area contributed by atoms with E-state index < -0.39 is 0 Å². The van der Waals surface area contributed by atoms with Crippen molar-refractivity contribution >= 4 is 49.8 Å². The topological polar surface area (TPSA) is 16.4 Å². The molecule has 0 saturated heterocycles. The summed E-state index contributed by atoms with van der Waals surface area (Å²) in [4.78, 5) is 2.43. The largest absolute Gasteiger partial charge is 0.456 e. The van der Waals surface area contributed by atoms with E-state index in [1.807, 2.05) is 12.1 Å². The van der Waals surface area contributed by atoms with Crippen LogP contribution in [0, 0.1) is 0 Å². The van der Waals surface area contributed by atoms with Gasteiger partial charge in [0.05, 0.1) is 5.69 Å². The van der Waals surface area contributed by atoms with Gasteiger partial charge in [-0.1, -0.05) is 206 Å². The molecule has 0 bridgehead atoms. The zero-order valence-corrected chi connectivity index (χ0v) is 36.2. The molecule has 0 atom stereocenters. The second-order valence-electron chi connectivity index (χ2n) is 16.9. The summed E-state index contributed by atoms with van der Waals surface area (Å²) < 4.78 is 6.24. The summed E-state index contributed by atoms with van der Waals surface area (Å²) in [6, 6.07) is 94.1. The van der Waals surface area contributed by atoms with Gasteiger partial charge >= 0.3 is 0 Å². The average molecular weight is 842 g/mol. The summed E-state index contributed by atoms with van der Waals surface area (Å²) in [6.07, 6.45) is 0. The van der Waals surface area contributed by atoms with Crippen LogP contribution in [0.25, 0.3) is 99.5 Å².